The molecule has 0 aromatic carbocycles. The average molecular weight is 371 g/mol. The van der Waals surface area contributed by atoms with Crippen LogP contribution in [0.2, 0.25) is 0 Å². The number of hydrogen-bond acceptors (Lipinski definition) is 6. The van der Waals surface area contributed by atoms with Gasteiger partial charge in [-0.05, 0) is 17.7 Å². The van der Waals surface area contributed by atoms with Gasteiger partial charge in [0, 0.05) is 43.4 Å². The maximum atomic E-state index is 10.2. The Hall–Kier alpha value is -2.46. The maximum absolute atomic E-state index is 10.2. The molecule has 7 heteroatoms. The first-order valence-corrected chi connectivity index (χ1v) is 8.33. The van der Waals surface area contributed by atoms with E-state index in [4.69, 9.17) is 10.00 Å². The third kappa shape index (κ3) is 3.56. The summed E-state index contributed by atoms with van der Waals surface area (Å²) in [6, 6.07) is 6.08. The van der Waals surface area contributed by atoms with Crippen molar-refractivity contribution in [2.24, 2.45) is 4.99 Å². The van der Waals surface area contributed by atoms with Crippen LogP contribution in [-0.2, 0) is 11.3 Å². The summed E-state index contributed by atoms with van der Waals surface area (Å²) in [4.78, 5) is 11.1. The van der Waals surface area contributed by atoms with Crippen LogP contribution in [0.5, 0.6) is 0 Å². The smallest absolute Gasteiger partial charge is 0.221 e. The lowest BCUT2D eigenvalue weighted by molar-refractivity contribution is 0.0341. The van der Waals surface area contributed by atoms with E-state index in [1.807, 2.05) is 24.4 Å². The number of nitrogens with zero attached hydrogens (tertiary/aromatic N) is 4. The van der Waals surface area contributed by atoms with Gasteiger partial charge in [0.2, 0.25) is 5.88 Å². The van der Waals surface area contributed by atoms with Crippen LogP contribution in [0.25, 0.3) is 5.57 Å². The van der Waals surface area contributed by atoms with Gasteiger partial charge >= 0.3 is 0 Å². The molecule has 0 radical (unpaired) electrons. The van der Waals surface area contributed by atoms with Crippen molar-refractivity contribution < 1.29 is 9.84 Å². The number of aromatic nitrogens is 1. The molecule has 1 fully saturated rings. The third-order valence-electron chi connectivity index (χ3n) is 4.58. The van der Waals surface area contributed by atoms with E-state index in [9.17, 15) is 5.11 Å². The molecule has 3 heterocycles. The summed E-state index contributed by atoms with van der Waals surface area (Å²) >= 11 is 0. The van der Waals surface area contributed by atoms with Gasteiger partial charge in [-0.1, -0.05) is 12.1 Å². The lowest BCUT2D eigenvalue weighted by atomic mass is 9.92. The van der Waals surface area contributed by atoms with E-state index in [2.05, 4.69) is 20.9 Å². The molecule has 0 unspecified atom stereocenters. The number of pyridine rings is 1. The van der Waals surface area contributed by atoms with Crippen LogP contribution in [0.3, 0.4) is 0 Å². The number of nitriles is 1. The quantitative estimate of drug-likeness (QED) is 0.884. The van der Waals surface area contributed by atoms with E-state index in [1.165, 1.54) is 0 Å². The van der Waals surface area contributed by atoms with Gasteiger partial charge in [0.1, 0.15) is 0 Å². The number of aliphatic hydroxyl groups is 1. The first-order valence-electron chi connectivity index (χ1n) is 8.33. The lowest BCUT2D eigenvalue weighted by Crippen LogP contribution is -2.35. The predicted octanol–water partition coefficient (Wildman–Crippen LogP) is 2.80. The standard InChI is InChI=1S/C19H18N4O2.ClH/c20-10-13-1-3-16-15(9-13)18(19(24)22-16)17-4-2-14(11-21-17)12-23-5-7-25-8-6-23;/h1-2,4,9,11,24H,3,5-8,12H2;1H. The molecule has 1 aromatic heterocycles. The fraction of sp³-hybridized carbons (Fsp3) is 0.316. The molecule has 2 aliphatic heterocycles. The second-order valence-corrected chi connectivity index (χ2v) is 6.23. The Morgan fingerprint density at radius 1 is 1.27 bits per heavy atom. The summed E-state index contributed by atoms with van der Waals surface area (Å²) in [6.07, 6.45) is 5.98. The maximum Gasteiger partial charge on any atom is 0.221 e. The van der Waals surface area contributed by atoms with Crippen LogP contribution >= 0.6 is 12.4 Å². The van der Waals surface area contributed by atoms with Crippen LogP contribution in [0.15, 0.2) is 52.5 Å². The van der Waals surface area contributed by atoms with Crippen LogP contribution in [0.1, 0.15) is 17.7 Å². The molecule has 1 N–H and O–H groups in total. The van der Waals surface area contributed by atoms with Gasteiger partial charge in [-0.2, -0.15) is 5.26 Å². The molecule has 0 bridgehead atoms. The number of morpholine rings is 1. The molecule has 4 rings (SSSR count). The van der Waals surface area contributed by atoms with Crippen LogP contribution < -0.4 is 0 Å². The van der Waals surface area contributed by atoms with E-state index < -0.39 is 0 Å². The summed E-state index contributed by atoms with van der Waals surface area (Å²) in [5.41, 5.74) is 4.57. The molecular weight excluding hydrogens is 352 g/mol. The number of halogens is 1. The van der Waals surface area contributed by atoms with Crippen molar-refractivity contribution in [1.29, 1.82) is 5.26 Å². The van der Waals surface area contributed by atoms with Gasteiger partial charge in [0.15, 0.2) is 0 Å². The second kappa shape index (κ2) is 7.83. The first kappa shape index (κ1) is 18.3. The third-order valence-corrected chi connectivity index (χ3v) is 4.58. The fourth-order valence-corrected chi connectivity index (χ4v) is 3.25. The molecule has 0 atom stereocenters. The van der Waals surface area contributed by atoms with E-state index in [0.717, 1.165) is 49.7 Å². The van der Waals surface area contributed by atoms with Gasteiger partial charge < -0.3 is 9.84 Å². The zero-order valence-electron chi connectivity index (χ0n) is 14.2. The molecular formula is C19H19ClN4O2. The molecule has 0 spiro atoms. The normalized spacial score (nSPS) is 19.7. The summed E-state index contributed by atoms with van der Waals surface area (Å²) in [5, 5.41) is 19.4. The Morgan fingerprint density at radius 2 is 2.08 bits per heavy atom. The van der Waals surface area contributed by atoms with Crippen molar-refractivity contribution in [1.82, 2.24) is 9.88 Å². The SMILES string of the molecule is Cl.N#CC1=CCC2=NC(O)=C(c3ccc(CN4CCOCC4)cn3)C2=C1. The number of aliphatic hydroxyl groups excluding tert-OH is 1. The molecule has 134 valence electrons. The second-order valence-electron chi connectivity index (χ2n) is 6.23. The number of aliphatic imine (C=N–C) groups is 1. The minimum atomic E-state index is -0.0257. The number of allylic oxidation sites excluding steroid dienone is 5. The van der Waals surface area contributed by atoms with Crippen LogP contribution in [0, 0.1) is 11.3 Å². The van der Waals surface area contributed by atoms with E-state index in [-0.39, 0.29) is 18.3 Å². The molecule has 3 aliphatic rings. The highest BCUT2D eigenvalue weighted by molar-refractivity contribution is 6.18. The summed E-state index contributed by atoms with van der Waals surface area (Å²) in [7, 11) is 0. The molecule has 0 saturated carbocycles. The Morgan fingerprint density at radius 3 is 2.77 bits per heavy atom. The van der Waals surface area contributed by atoms with Crippen LogP contribution in [0.4, 0.5) is 0 Å². The highest BCUT2D eigenvalue weighted by Crippen LogP contribution is 2.35. The Labute approximate surface area is 158 Å². The topological polar surface area (TPSA) is 81.7 Å². The molecule has 1 aromatic rings. The first-order chi connectivity index (χ1) is 12.2. The monoisotopic (exact) mass is 370 g/mol. The molecule has 0 amide bonds. The van der Waals surface area contributed by atoms with Gasteiger partial charge in [-0.15, -0.1) is 12.4 Å². The highest BCUT2D eigenvalue weighted by Gasteiger charge is 2.27. The highest BCUT2D eigenvalue weighted by atomic mass is 35.5. The molecule has 26 heavy (non-hydrogen) atoms. The zero-order chi connectivity index (χ0) is 17.2. The van der Waals surface area contributed by atoms with Gasteiger partial charge in [-0.25, -0.2) is 4.99 Å². The zero-order valence-corrected chi connectivity index (χ0v) is 15.0. The van der Waals surface area contributed by atoms with Crippen molar-refractivity contribution in [3.63, 3.8) is 0 Å². The fourth-order valence-electron chi connectivity index (χ4n) is 3.25. The predicted molar refractivity (Wildman–Crippen MR) is 101 cm³/mol. The summed E-state index contributed by atoms with van der Waals surface area (Å²) < 4.78 is 5.37. The largest absolute Gasteiger partial charge is 0.493 e. The van der Waals surface area contributed by atoms with Crippen molar-refractivity contribution in [2.75, 3.05) is 26.3 Å². The van der Waals surface area contributed by atoms with Crippen LogP contribution in [-0.4, -0.2) is 47.0 Å². The number of ether oxygens (including phenoxy) is 1. The summed E-state index contributed by atoms with van der Waals surface area (Å²) in [5.74, 6) is -0.0257. The van der Waals surface area contributed by atoms with Gasteiger partial charge in [0.05, 0.1) is 36.3 Å². The number of fused-ring (bicyclic) bond motifs is 1. The molecule has 6 nitrogen and oxygen atoms in total. The molecule has 1 saturated heterocycles. The summed E-state index contributed by atoms with van der Waals surface area (Å²) in [6.45, 7) is 4.25. The minimum Gasteiger partial charge on any atom is -0.493 e. The van der Waals surface area contributed by atoms with Crippen molar-refractivity contribution in [3.8, 4) is 6.07 Å². The van der Waals surface area contributed by atoms with Gasteiger partial charge in [0.25, 0.3) is 0 Å². The van der Waals surface area contributed by atoms with E-state index >= 15 is 0 Å². The Balaban J connectivity index is 0.00000196. The Kier molecular flexibility index (Phi) is 5.52. The van der Waals surface area contributed by atoms with Gasteiger partial charge in [-0.3, -0.25) is 9.88 Å². The molecule has 1 aliphatic carbocycles. The van der Waals surface area contributed by atoms with Crippen molar-refractivity contribution in [3.05, 3.63) is 58.8 Å². The lowest BCUT2D eigenvalue weighted by Gasteiger charge is -2.26. The number of rotatable bonds is 3. The Bertz CT molecular complexity index is 857. The average Bonchev–Trinajstić information content (AvgIpc) is 2.98. The number of hydrogen-bond donors (Lipinski definition) is 1. The van der Waals surface area contributed by atoms with E-state index in [1.54, 1.807) is 6.08 Å². The van der Waals surface area contributed by atoms with E-state index in [0.29, 0.717) is 23.3 Å². The minimum absolute atomic E-state index is 0. The van der Waals surface area contributed by atoms with Crippen molar-refractivity contribution >= 4 is 23.7 Å². The van der Waals surface area contributed by atoms with Crippen molar-refractivity contribution in [2.45, 2.75) is 13.0 Å².